The van der Waals surface area contributed by atoms with Gasteiger partial charge in [0.2, 0.25) is 5.95 Å². The Morgan fingerprint density at radius 1 is 1.02 bits per heavy atom. The van der Waals surface area contributed by atoms with Gasteiger partial charge in [-0.3, -0.25) is 9.58 Å². The summed E-state index contributed by atoms with van der Waals surface area (Å²) in [6.45, 7) is 9.94. The van der Waals surface area contributed by atoms with Gasteiger partial charge in [0.05, 0.1) is 55.8 Å². The number of benzene rings is 1. The minimum Gasteiger partial charge on any atom is -0.487 e. The summed E-state index contributed by atoms with van der Waals surface area (Å²) >= 11 is 6.46. The summed E-state index contributed by atoms with van der Waals surface area (Å²) in [5.41, 5.74) is 2.37. The van der Waals surface area contributed by atoms with Crippen LogP contribution in [0.1, 0.15) is 58.9 Å². The molecule has 2 fully saturated rings. The van der Waals surface area contributed by atoms with Crippen molar-refractivity contribution in [1.29, 1.82) is 0 Å². The van der Waals surface area contributed by atoms with Gasteiger partial charge in [0.15, 0.2) is 0 Å². The summed E-state index contributed by atoms with van der Waals surface area (Å²) in [4.78, 5) is 11.8. The fourth-order valence-corrected chi connectivity index (χ4v) is 6.83. The van der Waals surface area contributed by atoms with E-state index in [4.69, 9.17) is 40.8 Å². The molecule has 2 N–H and O–H groups in total. The fraction of sp³-hybridized carbons (Fsp3) is 0.588. The summed E-state index contributed by atoms with van der Waals surface area (Å²) in [6.07, 6.45) is 12.3. The Morgan fingerprint density at radius 2 is 1.78 bits per heavy atom. The van der Waals surface area contributed by atoms with E-state index in [9.17, 15) is 0 Å². The van der Waals surface area contributed by atoms with Gasteiger partial charge in [0.25, 0.3) is 5.88 Å². The van der Waals surface area contributed by atoms with Gasteiger partial charge in [0, 0.05) is 50.1 Å². The number of hydrogen-bond donors (Lipinski definition) is 2. The number of morpholine rings is 1. The molecule has 1 aliphatic heterocycles. The van der Waals surface area contributed by atoms with E-state index in [2.05, 4.69) is 49.6 Å². The summed E-state index contributed by atoms with van der Waals surface area (Å²) in [5.74, 6) is 1.46. The molecule has 0 radical (unpaired) electrons. The van der Waals surface area contributed by atoms with E-state index in [1.807, 2.05) is 29.9 Å². The third kappa shape index (κ3) is 9.66. The summed E-state index contributed by atoms with van der Waals surface area (Å²) in [7, 11) is 0. The Balaban J connectivity index is 1.11. The van der Waals surface area contributed by atoms with E-state index in [1.54, 1.807) is 29.5 Å². The van der Waals surface area contributed by atoms with Crippen molar-refractivity contribution >= 4 is 23.2 Å². The number of anilines is 2. The van der Waals surface area contributed by atoms with Crippen molar-refractivity contribution in [1.82, 2.24) is 44.9 Å². The van der Waals surface area contributed by atoms with Crippen LogP contribution in [0.25, 0.3) is 11.1 Å². The predicted molar refractivity (Wildman–Crippen MR) is 187 cm³/mol. The summed E-state index contributed by atoms with van der Waals surface area (Å²) in [6, 6.07) is 6.42. The number of hydrogen-bond acceptors (Lipinski definition) is 13. The van der Waals surface area contributed by atoms with Crippen LogP contribution in [0.15, 0.2) is 43.1 Å². The first-order valence-electron chi connectivity index (χ1n) is 17.4. The zero-order chi connectivity index (χ0) is 34.9. The number of rotatable bonds is 16. The van der Waals surface area contributed by atoms with E-state index in [1.165, 1.54) is 0 Å². The smallest absolute Gasteiger partial charge is 0.256 e. The second kappa shape index (κ2) is 17.4. The minimum absolute atomic E-state index is 0.000897. The molecular formula is C34H47ClN10O5. The lowest BCUT2D eigenvalue weighted by Crippen LogP contribution is -2.51. The molecule has 3 atom stereocenters. The maximum Gasteiger partial charge on any atom is 0.256 e. The molecule has 15 nitrogen and oxygen atoms in total. The Labute approximate surface area is 297 Å². The van der Waals surface area contributed by atoms with Crippen molar-refractivity contribution in [3.8, 4) is 22.8 Å². The number of aromatic nitrogens is 8. The van der Waals surface area contributed by atoms with E-state index < -0.39 is 0 Å². The molecule has 50 heavy (non-hydrogen) atoms. The molecule has 16 heteroatoms. The zero-order valence-electron chi connectivity index (χ0n) is 28.9. The van der Waals surface area contributed by atoms with Crippen LogP contribution in [0.2, 0.25) is 5.02 Å². The van der Waals surface area contributed by atoms with Gasteiger partial charge >= 0.3 is 0 Å². The molecule has 1 saturated carbocycles. The van der Waals surface area contributed by atoms with Crippen molar-refractivity contribution in [2.75, 3.05) is 44.8 Å². The first-order valence-corrected chi connectivity index (χ1v) is 17.8. The SMILES string of the molecule is C[C@@H]1CN([C@H]2CC[C@H](n3cc(Nc4ncc(-c5ccc(Cl)c(O[C@@H](C)Cn6cnnn6)c5)cn4)c(OCCCOCCO)n3)CC2)C[C@H](C)O1. The van der Waals surface area contributed by atoms with Crippen molar-refractivity contribution < 1.29 is 24.1 Å². The average Bonchev–Trinajstić information content (AvgIpc) is 3.77. The normalized spacial score (nSPS) is 21.9. The van der Waals surface area contributed by atoms with Gasteiger partial charge in [-0.1, -0.05) is 17.7 Å². The highest BCUT2D eigenvalue weighted by atomic mass is 35.5. The second-order valence-corrected chi connectivity index (χ2v) is 13.5. The van der Waals surface area contributed by atoms with Crippen LogP contribution in [0.5, 0.6) is 11.6 Å². The molecule has 270 valence electrons. The van der Waals surface area contributed by atoms with Crippen molar-refractivity contribution in [3.05, 3.63) is 48.1 Å². The standard InChI is InChI=1S/C34H47ClN10O5/c1-23-18-43(19-24(2)49-23)28-6-8-29(9-7-28)45-21-31(33(40-45)48-13-4-12-47-14-11-46)39-34-36-16-27(17-37-34)26-5-10-30(35)32(15-26)50-25(3)20-44-22-38-41-42-44/h5,10,15-17,21-25,28-29,46H,4,6-9,11-14,18-20H2,1-3H3,(H,36,37,39)/t23-,24+,25-,28-,29-/m0/s1. The summed E-state index contributed by atoms with van der Waals surface area (Å²) < 4.78 is 27.2. The Bertz CT molecular complexity index is 1610. The Kier molecular flexibility index (Phi) is 12.5. The van der Waals surface area contributed by atoms with Crippen LogP contribution in [-0.2, 0) is 16.0 Å². The molecule has 3 aromatic heterocycles. The molecule has 4 aromatic rings. The number of tetrazole rings is 1. The summed E-state index contributed by atoms with van der Waals surface area (Å²) in [5, 5.41) is 28.9. The average molecular weight is 711 g/mol. The Hall–Kier alpha value is -3.89. The van der Waals surface area contributed by atoms with Crippen LogP contribution >= 0.6 is 11.6 Å². The van der Waals surface area contributed by atoms with Gasteiger partial charge in [-0.25, -0.2) is 14.6 Å². The lowest BCUT2D eigenvalue weighted by molar-refractivity contribution is -0.0852. The van der Waals surface area contributed by atoms with Gasteiger partial charge in [-0.15, -0.1) is 10.2 Å². The maximum atomic E-state index is 8.98. The molecular weight excluding hydrogens is 664 g/mol. The lowest BCUT2D eigenvalue weighted by Gasteiger charge is -2.42. The molecule has 0 amide bonds. The second-order valence-electron chi connectivity index (χ2n) is 13.1. The van der Waals surface area contributed by atoms with Crippen molar-refractivity contribution in [3.63, 3.8) is 0 Å². The van der Waals surface area contributed by atoms with Crippen LogP contribution in [0.4, 0.5) is 11.6 Å². The number of aliphatic hydroxyl groups excluding tert-OH is 1. The van der Waals surface area contributed by atoms with Crippen LogP contribution < -0.4 is 14.8 Å². The number of nitrogens with zero attached hydrogens (tertiary/aromatic N) is 9. The van der Waals surface area contributed by atoms with E-state index >= 15 is 0 Å². The highest BCUT2D eigenvalue weighted by molar-refractivity contribution is 6.32. The monoisotopic (exact) mass is 710 g/mol. The number of nitrogens with one attached hydrogen (secondary N) is 1. The highest BCUT2D eigenvalue weighted by Gasteiger charge is 2.32. The lowest BCUT2D eigenvalue weighted by atomic mass is 9.89. The van der Waals surface area contributed by atoms with Crippen LogP contribution in [0.3, 0.4) is 0 Å². The van der Waals surface area contributed by atoms with Gasteiger partial charge in [-0.05, 0) is 74.6 Å². The predicted octanol–water partition coefficient (Wildman–Crippen LogP) is 4.56. The maximum absolute atomic E-state index is 8.98. The molecule has 1 aliphatic carbocycles. The number of ether oxygens (including phenoxy) is 4. The third-order valence-corrected chi connectivity index (χ3v) is 9.25. The fourth-order valence-electron chi connectivity index (χ4n) is 6.67. The molecule has 6 rings (SSSR count). The minimum atomic E-state index is -0.216. The first kappa shape index (κ1) is 35.9. The van der Waals surface area contributed by atoms with E-state index in [-0.39, 0.29) is 31.0 Å². The number of halogens is 1. The molecule has 0 bridgehead atoms. The van der Waals surface area contributed by atoms with E-state index in [0.717, 1.165) is 49.9 Å². The van der Waals surface area contributed by atoms with E-state index in [0.29, 0.717) is 67.1 Å². The number of aliphatic hydroxyl groups is 1. The zero-order valence-corrected chi connectivity index (χ0v) is 29.7. The van der Waals surface area contributed by atoms with Gasteiger partial charge in [-0.2, -0.15) is 0 Å². The molecule has 0 unspecified atom stereocenters. The van der Waals surface area contributed by atoms with Gasteiger partial charge in [0.1, 0.15) is 23.9 Å². The first-order chi connectivity index (χ1) is 24.3. The molecule has 1 saturated heterocycles. The van der Waals surface area contributed by atoms with Crippen molar-refractivity contribution in [2.24, 2.45) is 0 Å². The topological polar surface area (TPSA) is 160 Å². The molecule has 0 spiro atoms. The Morgan fingerprint density at radius 3 is 2.50 bits per heavy atom. The van der Waals surface area contributed by atoms with Crippen molar-refractivity contribution in [2.45, 2.75) is 89.8 Å². The van der Waals surface area contributed by atoms with Crippen LogP contribution in [-0.4, -0.2) is 114 Å². The van der Waals surface area contributed by atoms with Gasteiger partial charge < -0.3 is 29.4 Å². The molecule has 4 heterocycles. The highest BCUT2D eigenvalue weighted by Crippen LogP contribution is 2.36. The molecule has 1 aromatic carbocycles. The van der Waals surface area contributed by atoms with Crippen LogP contribution in [0, 0.1) is 0 Å². The largest absolute Gasteiger partial charge is 0.487 e. The molecule has 2 aliphatic rings. The third-order valence-electron chi connectivity index (χ3n) is 8.94. The quantitative estimate of drug-likeness (QED) is 0.156.